The first kappa shape index (κ1) is 27.0. The summed E-state index contributed by atoms with van der Waals surface area (Å²) >= 11 is 19.2. The number of nitrogens with zero attached hydrogens (tertiary/aromatic N) is 1. The molecule has 190 valence electrons. The van der Waals surface area contributed by atoms with Gasteiger partial charge in [0.1, 0.15) is 0 Å². The predicted molar refractivity (Wildman–Crippen MR) is 155 cm³/mol. The molecule has 1 aliphatic heterocycles. The number of carbonyl (C=O) groups is 2. The van der Waals surface area contributed by atoms with Gasteiger partial charge in [0.15, 0.2) is 22.4 Å². The zero-order valence-electron chi connectivity index (χ0n) is 20.1. The van der Waals surface area contributed by atoms with Gasteiger partial charge in [-0.1, -0.05) is 71.4 Å². The Kier molecular flexibility index (Phi) is 8.44. The summed E-state index contributed by atoms with van der Waals surface area (Å²) in [7, 11) is 1.47. The molecule has 1 fully saturated rings. The van der Waals surface area contributed by atoms with Crippen LogP contribution < -0.4 is 19.7 Å². The molecule has 0 saturated carbocycles. The zero-order valence-corrected chi connectivity index (χ0v) is 23.3. The lowest BCUT2D eigenvalue weighted by atomic mass is 10.1. The van der Waals surface area contributed by atoms with E-state index in [0.29, 0.717) is 31.2 Å². The molecule has 10 heteroatoms. The summed E-state index contributed by atoms with van der Waals surface area (Å²) in [5, 5.41) is 3.51. The Balaban J connectivity index is 1.51. The van der Waals surface area contributed by atoms with E-state index in [1.807, 2.05) is 44.2 Å². The normalized spacial score (nSPS) is 14.3. The average Bonchev–Trinajstić information content (AvgIpc) is 3.13. The molecular formula is C27H22Cl2N2O4S2. The highest BCUT2D eigenvalue weighted by Gasteiger charge is 2.34. The Labute approximate surface area is 234 Å². The molecule has 0 spiro atoms. The number of rotatable bonds is 7. The van der Waals surface area contributed by atoms with Crippen molar-refractivity contribution in [1.29, 1.82) is 0 Å². The molecule has 0 aliphatic carbocycles. The van der Waals surface area contributed by atoms with Crippen molar-refractivity contribution in [3.05, 3.63) is 86.2 Å². The standard InChI is InChI=1S/C27H22Cl2N2O4S2/c1-15-8-9-18(28)13-20(15)30-24(32)14-35-25-19(29)10-17(11-22(25)34-3)12-23-26(33)31(27(36)37-23)21-7-5-4-6-16(21)2/h4-13H,14H2,1-3H3,(H,30,32)/b23-12-. The molecule has 1 heterocycles. The molecule has 0 unspecified atom stereocenters. The number of hydrogen-bond acceptors (Lipinski definition) is 6. The largest absolute Gasteiger partial charge is 0.493 e. The van der Waals surface area contributed by atoms with Crippen LogP contribution in [0.1, 0.15) is 16.7 Å². The molecular weight excluding hydrogens is 551 g/mol. The van der Waals surface area contributed by atoms with Gasteiger partial charge in [0.05, 0.1) is 22.7 Å². The van der Waals surface area contributed by atoms with Crippen molar-refractivity contribution in [2.75, 3.05) is 23.9 Å². The lowest BCUT2D eigenvalue weighted by Gasteiger charge is -2.16. The lowest BCUT2D eigenvalue weighted by molar-refractivity contribution is -0.118. The Bertz CT molecular complexity index is 1440. The molecule has 37 heavy (non-hydrogen) atoms. The molecule has 1 saturated heterocycles. The number of hydrogen-bond donors (Lipinski definition) is 1. The number of methoxy groups -OCH3 is 1. The van der Waals surface area contributed by atoms with E-state index in [0.717, 1.165) is 16.8 Å². The van der Waals surface area contributed by atoms with Crippen LogP contribution in [0.25, 0.3) is 6.08 Å². The molecule has 0 bridgehead atoms. The van der Waals surface area contributed by atoms with Crippen molar-refractivity contribution in [2.24, 2.45) is 0 Å². The van der Waals surface area contributed by atoms with Gasteiger partial charge in [-0.2, -0.15) is 0 Å². The van der Waals surface area contributed by atoms with Crippen LogP contribution in [-0.4, -0.2) is 29.9 Å². The van der Waals surface area contributed by atoms with Crippen LogP contribution in [0, 0.1) is 13.8 Å². The highest BCUT2D eigenvalue weighted by Crippen LogP contribution is 2.40. The zero-order chi connectivity index (χ0) is 26.7. The maximum Gasteiger partial charge on any atom is 0.270 e. The van der Waals surface area contributed by atoms with Crippen LogP contribution in [0.15, 0.2) is 59.5 Å². The minimum absolute atomic E-state index is 0.215. The summed E-state index contributed by atoms with van der Waals surface area (Å²) < 4.78 is 11.6. The van der Waals surface area contributed by atoms with E-state index in [2.05, 4.69) is 5.32 Å². The molecule has 4 rings (SSSR count). The monoisotopic (exact) mass is 572 g/mol. The summed E-state index contributed by atoms with van der Waals surface area (Å²) in [5.74, 6) is -0.0632. The van der Waals surface area contributed by atoms with Crippen LogP contribution >= 0.6 is 47.2 Å². The number of para-hydroxylation sites is 1. The first-order valence-electron chi connectivity index (χ1n) is 11.1. The molecule has 1 aliphatic rings. The molecule has 3 aromatic rings. The number of benzene rings is 3. The molecule has 1 N–H and O–H groups in total. The van der Waals surface area contributed by atoms with Crippen LogP contribution in [0.3, 0.4) is 0 Å². The van der Waals surface area contributed by atoms with Gasteiger partial charge in [-0.25, -0.2) is 0 Å². The number of thiocarbonyl (C=S) groups is 1. The van der Waals surface area contributed by atoms with Crippen LogP contribution in [0.5, 0.6) is 11.5 Å². The Morgan fingerprint density at radius 2 is 1.86 bits per heavy atom. The summed E-state index contributed by atoms with van der Waals surface area (Å²) in [4.78, 5) is 27.6. The number of carbonyl (C=O) groups excluding carboxylic acids is 2. The van der Waals surface area contributed by atoms with Crippen molar-refractivity contribution in [3.8, 4) is 11.5 Å². The van der Waals surface area contributed by atoms with Crippen LogP contribution in [0.2, 0.25) is 10.0 Å². The summed E-state index contributed by atoms with van der Waals surface area (Å²) in [5.41, 5.74) is 3.78. The van der Waals surface area contributed by atoms with Gasteiger partial charge in [0.2, 0.25) is 0 Å². The summed E-state index contributed by atoms with van der Waals surface area (Å²) in [6.07, 6.45) is 1.70. The number of aryl methyl sites for hydroxylation is 2. The number of halogens is 2. The first-order chi connectivity index (χ1) is 17.7. The molecule has 0 radical (unpaired) electrons. The lowest BCUT2D eigenvalue weighted by Crippen LogP contribution is -2.28. The minimum atomic E-state index is -0.382. The fourth-order valence-corrected chi connectivity index (χ4v) is 5.39. The van der Waals surface area contributed by atoms with Crippen molar-refractivity contribution >= 4 is 80.8 Å². The van der Waals surface area contributed by atoms with E-state index >= 15 is 0 Å². The van der Waals surface area contributed by atoms with Gasteiger partial charge >= 0.3 is 0 Å². The van der Waals surface area contributed by atoms with Crippen LogP contribution in [0.4, 0.5) is 11.4 Å². The number of amides is 2. The summed E-state index contributed by atoms with van der Waals surface area (Å²) in [6.45, 7) is 3.49. The Morgan fingerprint density at radius 1 is 1.11 bits per heavy atom. The maximum absolute atomic E-state index is 13.2. The minimum Gasteiger partial charge on any atom is -0.493 e. The van der Waals surface area contributed by atoms with E-state index in [1.54, 1.807) is 30.3 Å². The van der Waals surface area contributed by atoms with E-state index in [9.17, 15) is 9.59 Å². The first-order valence-corrected chi connectivity index (χ1v) is 13.1. The summed E-state index contributed by atoms with van der Waals surface area (Å²) in [6, 6.07) is 16.1. The van der Waals surface area contributed by atoms with Crippen molar-refractivity contribution in [3.63, 3.8) is 0 Å². The Morgan fingerprint density at radius 3 is 2.59 bits per heavy atom. The molecule has 2 amide bonds. The third kappa shape index (κ3) is 6.10. The quantitative estimate of drug-likeness (QED) is 0.242. The van der Waals surface area contributed by atoms with E-state index < -0.39 is 0 Å². The van der Waals surface area contributed by atoms with Gasteiger partial charge in [-0.15, -0.1) is 0 Å². The highest BCUT2D eigenvalue weighted by molar-refractivity contribution is 8.27. The van der Waals surface area contributed by atoms with Gasteiger partial charge < -0.3 is 14.8 Å². The second-order valence-electron chi connectivity index (χ2n) is 8.13. The highest BCUT2D eigenvalue weighted by atomic mass is 35.5. The SMILES string of the molecule is COc1cc(/C=C2\SC(=S)N(c3ccccc3C)C2=O)cc(Cl)c1OCC(=O)Nc1cc(Cl)ccc1C. The van der Waals surface area contributed by atoms with E-state index in [1.165, 1.54) is 23.8 Å². The number of anilines is 2. The second kappa shape index (κ2) is 11.6. The third-order valence-corrected chi connectivity index (χ3v) is 7.34. The fourth-order valence-electron chi connectivity index (χ4n) is 3.66. The fraction of sp³-hybridized carbons (Fsp3) is 0.148. The topological polar surface area (TPSA) is 67.9 Å². The smallest absolute Gasteiger partial charge is 0.270 e. The number of thioether (sulfide) groups is 1. The molecule has 6 nitrogen and oxygen atoms in total. The molecule has 3 aromatic carbocycles. The number of ether oxygens (including phenoxy) is 2. The van der Waals surface area contributed by atoms with Gasteiger partial charge in [-0.05, 0) is 66.9 Å². The van der Waals surface area contributed by atoms with Gasteiger partial charge in [0.25, 0.3) is 11.8 Å². The van der Waals surface area contributed by atoms with E-state index in [4.69, 9.17) is 44.9 Å². The average molecular weight is 574 g/mol. The third-order valence-electron chi connectivity index (χ3n) is 5.52. The van der Waals surface area contributed by atoms with E-state index in [-0.39, 0.29) is 29.2 Å². The second-order valence-corrected chi connectivity index (χ2v) is 10.7. The molecule has 0 atom stereocenters. The van der Waals surface area contributed by atoms with Crippen molar-refractivity contribution in [2.45, 2.75) is 13.8 Å². The maximum atomic E-state index is 13.2. The molecule has 0 aromatic heterocycles. The van der Waals surface area contributed by atoms with Crippen molar-refractivity contribution in [1.82, 2.24) is 0 Å². The Hall–Kier alpha value is -3.04. The van der Waals surface area contributed by atoms with Gasteiger partial charge in [0, 0.05) is 10.7 Å². The van der Waals surface area contributed by atoms with Crippen LogP contribution in [-0.2, 0) is 9.59 Å². The van der Waals surface area contributed by atoms with Gasteiger partial charge in [-0.3, -0.25) is 14.5 Å². The van der Waals surface area contributed by atoms with Crippen molar-refractivity contribution < 1.29 is 19.1 Å². The predicted octanol–water partition coefficient (Wildman–Crippen LogP) is 7.04. The number of nitrogens with one attached hydrogen (secondary N) is 1.